The maximum Gasteiger partial charge on any atom is 0.230 e. The molecular weight excluding hydrogens is 304 g/mol. The first-order valence-electron chi connectivity index (χ1n) is 9.59. The zero-order valence-corrected chi connectivity index (χ0v) is 14.8. The smallest absolute Gasteiger partial charge is 0.230 e. The summed E-state index contributed by atoms with van der Waals surface area (Å²) in [4.78, 5) is 4.77. The number of aliphatic hydroxyl groups is 1. The number of likely N-dealkylation sites (N-methyl/N-ethyl adjacent to an activating group) is 1. The molecule has 0 bridgehead atoms. The molecule has 6 nitrogen and oxygen atoms in total. The predicted octanol–water partition coefficient (Wildman–Crippen LogP) is 2.15. The Morgan fingerprint density at radius 3 is 2.75 bits per heavy atom. The van der Waals surface area contributed by atoms with Crippen molar-refractivity contribution in [2.75, 3.05) is 26.7 Å². The number of rotatable bonds is 6. The second kappa shape index (κ2) is 6.73. The topological polar surface area (TPSA) is 65.6 Å². The highest BCUT2D eigenvalue weighted by molar-refractivity contribution is 5.00. The van der Waals surface area contributed by atoms with E-state index < -0.39 is 5.60 Å². The van der Waals surface area contributed by atoms with E-state index in [-0.39, 0.29) is 0 Å². The zero-order valence-electron chi connectivity index (χ0n) is 14.8. The molecule has 1 aromatic heterocycles. The molecule has 6 heteroatoms. The van der Waals surface area contributed by atoms with Gasteiger partial charge in [0.1, 0.15) is 0 Å². The molecule has 2 saturated carbocycles. The molecule has 0 aromatic carbocycles. The third-order valence-corrected chi connectivity index (χ3v) is 5.97. The molecule has 3 fully saturated rings. The van der Waals surface area contributed by atoms with Gasteiger partial charge in [-0.25, -0.2) is 0 Å². The minimum Gasteiger partial charge on any atom is -0.424 e. The van der Waals surface area contributed by atoms with Gasteiger partial charge in [0.15, 0.2) is 0 Å². The Kier molecular flexibility index (Phi) is 4.62. The minimum atomic E-state index is -0.447. The van der Waals surface area contributed by atoms with Gasteiger partial charge in [-0.2, -0.15) is 0 Å². The van der Waals surface area contributed by atoms with Crippen LogP contribution in [-0.4, -0.2) is 63.4 Å². The zero-order chi connectivity index (χ0) is 16.6. The molecule has 2 heterocycles. The summed E-state index contributed by atoms with van der Waals surface area (Å²) in [6, 6.07) is 0.508. The van der Waals surface area contributed by atoms with E-state index in [2.05, 4.69) is 27.0 Å². The highest BCUT2D eigenvalue weighted by atomic mass is 16.4. The van der Waals surface area contributed by atoms with Crippen molar-refractivity contribution in [3.63, 3.8) is 0 Å². The summed E-state index contributed by atoms with van der Waals surface area (Å²) in [5, 5.41) is 19.1. The first kappa shape index (κ1) is 16.5. The van der Waals surface area contributed by atoms with Gasteiger partial charge in [-0.15, -0.1) is 10.2 Å². The lowest BCUT2D eigenvalue weighted by molar-refractivity contribution is -0.0226. The lowest BCUT2D eigenvalue weighted by Crippen LogP contribution is -2.44. The molecule has 0 radical (unpaired) electrons. The molecule has 3 aliphatic rings. The van der Waals surface area contributed by atoms with E-state index in [4.69, 9.17) is 4.42 Å². The average Bonchev–Trinajstić information content (AvgIpc) is 3.13. The van der Waals surface area contributed by atoms with E-state index in [1.165, 1.54) is 32.1 Å². The molecule has 1 N–H and O–H groups in total. The van der Waals surface area contributed by atoms with Crippen molar-refractivity contribution in [3.8, 4) is 0 Å². The summed E-state index contributed by atoms with van der Waals surface area (Å²) in [5.74, 6) is 2.09. The Morgan fingerprint density at radius 2 is 2.00 bits per heavy atom. The van der Waals surface area contributed by atoms with Crippen LogP contribution in [0, 0.1) is 0 Å². The van der Waals surface area contributed by atoms with Crippen LogP contribution in [0.4, 0.5) is 0 Å². The van der Waals surface area contributed by atoms with Crippen LogP contribution in [0.2, 0.25) is 0 Å². The number of likely N-dealkylation sites (tertiary alicyclic amines) is 1. The molecule has 24 heavy (non-hydrogen) atoms. The Morgan fingerprint density at radius 1 is 1.21 bits per heavy atom. The summed E-state index contributed by atoms with van der Waals surface area (Å²) >= 11 is 0. The summed E-state index contributed by atoms with van der Waals surface area (Å²) in [6.45, 7) is 3.67. The summed E-state index contributed by atoms with van der Waals surface area (Å²) in [5.41, 5.74) is -0.447. The molecule has 0 spiro atoms. The number of hydrogen-bond donors (Lipinski definition) is 1. The van der Waals surface area contributed by atoms with Gasteiger partial charge in [0.05, 0.1) is 12.1 Å². The largest absolute Gasteiger partial charge is 0.424 e. The first-order valence-corrected chi connectivity index (χ1v) is 9.59. The van der Waals surface area contributed by atoms with Crippen molar-refractivity contribution in [2.45, 2.75) is 75.5 Å². The number of aromatic nitrogens is 2. The van der Waals surface area contributed by atoms with Crippen LogP contribution in [0.5, 0.6) is 0 Å². The Labute approximate surface area is 144 Å². The minimum absolute atomic E-state index is 0.447. The van der Waals surface area contributed by atoms with Gasteiger partial charge >= 0.3 is 0 Å². The summed E-state index contributed by atoms with van der Waals surface area (Å²) < 4.78 is 5.78. The molecule has 0 unspecified atom stereocenters. The van der Waals surface area contributed by atoms with E-state index in [1.54, 1.807) is 0 Å². The molecular formula is C18H30N4O2. The van der Waals surface area contributed by atoms with E-state index in [1.807, 2.05) is 0 Å². The van der Waals surface area contributed by atoms with Crippen LogP contribution in [0.15, 0.2) is 4.42 Å². The highest BCUT2D eigenvalue weighted by Crippen LogP contribution is 2.39. The monoisotopic (exact) mass is 334 g/mol. The van der Waals surface area contributed by atoms with Gasteiger partial charge in [-0.1, -0.05) is 19.3 Å². The molecule has 1 saturated heterocycles. The van der Waals surface area contributed by atoms with Crippen LogP contribution in [0.3, 0.4) is 0 Å². The molecule has 1 atom stereocenters. The lowest BCUT2D eigenvalue weighted by Gasteiger charge is -2.35. The summed E-state index contributed by atoms with van der Waals surface area (Å²) in [6.07, 6.45) is 9.10. The van der Waals surface area contributed by atoms with Crippen molar-refractivity contribution in [1.82, 2.24) is 20.0 Å². The molecule has 0 amide bonds. The van der Waals surface area contributed by atoms with E-state index in [9.17, 15) is 5.11 Å². The normalized spacial score (nSPS) is 27.9. The van der Waals surface area contributed by atoms with E-state index in [0.717, 1.165) is 57.2 Å². The lowest BCUT2D eigenvalue weighted by atomic mass is 9.84. The van der Waals surface area contributed by atoms with Gasteiger partial charge in [0, 0.05) is 25.0 Å². The molecule has 1 aromatic rings. The molecule has 1 aliphatic heterocycles. The fourth-order valence-corrected chi connectivity index (χ4v) is 4.27. The molecule has 2 aliphatic carbocycles. The Bertz CT molecular complexity index is 551. The van der Waals surface area contributed by atoms with E-state index >= 15 is 0 Å². The van der Waals surface area contributed by atoms with Gasteiger partial charge < -0.3 is 9.52 Å². The van der Waals surface area contributed by atoms with Crippen LogP contribution < -0.4 is 0 Å². The van der Waals surface area contributed by atoms with Crippen LogP contribution in [0.1, 0.15) is 69.1 Å². The van der Waals surface area contributed by atoms with Crippen LogP contribution >= 0.6 is 0 Å². The predicted molar refractivity (Wildman–Crippen MR) is 90.6 cm³/mol. The fourth-order valence-electron chi connectivity index (χ4n) is 4.27. The van der Waals surface area contributed by atoms with Gasteiger partial charge in [-0.3, -0.25) is 9.80 Å². The maximum absolute atomic E-state index is 10.8. The van der Waals surface area contributed by atoms with Crippen LogP contribution in [-0.2, 0) is 6.54 Å². The van der Waals surface area contributed by atoms with Gasteiger partial charge in [0.2, 0.25) is 11.8 Å². The van der Waals surface area contributed by atoms with E-state index in [0.29, 0.717) is 12.0 Å². The van der Waals surface area contributed by atoms with Crippen molar-refractivity contribution < 1.29 is 9.52 Å². The third-order valence-electron chi connectivity index (χ3n) is 5.97. The quantitative estimate of drug-likeness (QED) is 0.860. The molecule has 134 valence electrons. The third kappa shape index (κ3) is 3.81. The second-order valence-corrected chi connectivity index (χ2v) is 8.19. The number of β-amino-alcohol motifs (C(OH)–C–C–N with tert-alkyl or cyclic N) is 1. The van der Waals surface area contributed by atoms with Gasteiger partial charge in [-0.05, 0) is 45.7 Å². The van der Waals surface area contributed by atoms with Crippen molar-refractivity contribution in [2.24, 2.45) is 0 Å². The van der Waals surface area contributed by atoms with Crippen molar-refractivity contribution in [1.29, 1.82) is 0 Å². The van der Waals surface area contributed by atoms with Crippen molar-refractivity contribution in [3.05, 3.63) is 11.8 Å². The SMILES string of the molecule is CN(Cc1nnc(C2CC2)o1)[C@@H]1CCN(CC2(O)CCCCC2)C1. The number of nitrogens with zero attached hydrogens (tertiary/aromatic N) is 4. The maximum atomic E-state index is 10.8. The standard InChI is InChI=1S/C18H30N4O2/c1-21(12-16-19-20-17(24-16)14-5-6-14)15-7-10-22(11-15)13-18(23)8-3-2-4-9-18/h14-15,23H,2-13H2,1H3/t15-/m1/s1. The Hall–Kier alpha value is -0.980. The van der Waals surface area contributed by atoms with Gasteiger partial charge in [0.25, 0.3) is 0 Å². The first-order chi connectivity index (χ1) is 11.6. The van der Waals surface area contributed by atoms with Crippen molar-refractivity contribution >= 4 is 0 Å². The molecule has 4 rings (SSSR count). The average molecular weight is 334 g/mol. The Balaban J connectivity index is 1.27. The second-order valence-electron chi connectivity index (χ2n) is 8.19. The highest BCUT2D eigenvalue weighted by Gasteiger charge is 2.35. The van der Waals surface area contributed by atoms with Crippen LogP contribution in [0.25, 0.3) is 0 Å². The number of hydrogen-bond acceptors (Lipinski definition) is 6. The summed E-state index contributed by atoms with van der Waals surface area (Å²) in [7, 11) is 2.14. The fraction of sp³-hybridized carbons (Fsp3) is 0.889.